The first-order chi connectivity index (χ1) is 21.0. The van der Waals surface area contributed by atoms with Crippen LogP contribution in [-0.2, 0) is 40.7 Å². The first-order valence-corrected chi connectivity index (χ1v) is 16.6. The van der Waals surface area contributed by atoms with Crippen molar-refractivity contribution in [2.24, 2.45) is 10.8 Å². The number of aryl methyl sites for hydroxylation is 2. The van der Waals surface area contributed by atoms with Crippen molar-refractivity contribution in [2.75, 3.05) is 19.9 Å². The van der Waals surface area contributed by atoms with Gasteiger partial charge in [-0.1, -0.05) is 69.8 Å². The topological polar surface area (TPSA) is 101 Å². The summed E-state index contributed by atoms with van der Waals surface area (Å²) in [5, 5.41) is 10.5. The Bertz CT molecular complexity index is 1460. The van der Waals surface area contributed by atoms with Gasteiger partial charge in [-0.25, -0.2) is 0 Å². The van der Waals surface area contributed by atoms with Gasteiger partial charge in [0.25, 0.3) is 0 Å². The van der Waals surface area contributed by atoms with Gasteiger partial charge in [-0.2, -0.15) is 0 Å². The lowest BCUT2D eigenvalue weighted by molar-refractivity contribution is -0.160. The number of phenols is 1. The number of carbonyl (C=O) groups excluding carboxylic acids is 1. The highest BCUT2D eigenvalue weighted by atomic mass is 31.2. The van der Waals surface area contributed by atoms with Crippen LogP contribution in [0.15, 0.2) is 73.0 Å². The van der Waals surface area contributed by atoms with E-state index in [-0.39, 0.29) is 18.0 Å². The van der Waals surface area contributed by atoms with E-state index in [2.05, 4.69) is 6.58 Å². The zero-order valence-electron chi connectivity index (χ0n) is 27.8. The van der Waals surface area contributed by atoms with E-state index >= 15 is 0 Å². The summed E-state index contributed by atoms with van der Waals surface area (Å²) in [4.78, 5) is 12.2. The molecule has 0 amide bonds. The van der Waals surface area contributed by atoms with Crippen molar-refractivity contribution in [2.45, 2.75) is 68.2 Å². The quantitative estimate of drug-likeness (QED) is 0.0809. The predicted molar refractivity (Wildman–Crippen MR) is 176 cm³/mol. The van der Waals surface area contributed by atoms with E-state index < -0.39 is 32.1 Å². The van der Waals surface area contributed by atoms with Crippen LogP contribution in [0.5, 0.6) is 11.5 Å². The summed E-state index contributed by atoms with van der Waals surface area (Å²) in [7, 11) is -3.93. The molecule has 1 N–H and O–H groups in total. The third-order valence-corrected chi connectivity index (χ3v) is 8.63. The minimum Gasteiger partial charge on any atom is -0.508 e. The lowest BCUT2D eigenvalue weighted by atomic mass is 9.93. The minimum atomic E-state index is -3.93. The Labute approximate surface area is 267 Å². The van der Waals surface area contributed by atoms with Crippen molar-refractivity contribution in [3.8, 4) is 11.5 Å². The van der Waals surface area contributed by atoms with Gasteiger partial charge in [0.15, 0.2) is 13.1 Å². The first kappa shape index (κ1) is 35.9. The van der Waals surface area contributed by atoms with E-state index in [4.69, 9.17) is 23.3 Å². The maximum atomic E-state index is 13.6. The molecule has 0 radical (unpaired) electrons. The average molecular weight is 639 g/mol. The van der Waals surface area contributed by atoms with Crippen LogP contribution in [-0.4, -0.2) is 31.0 Å². The Balaban J connectivity index is 1.72. The fraction of sp³-hybridized carbons (Fsp3) is 0.417. The second-order valence-electron chi connectivity index (χ2n) is 13.2. The molecular weight excluding hydrogens is 591 g/mol. The molecule has 0 saturated heterocycles. The van der Waals surface area contributed by atoms with E-state index in [0.29, 0.717) is 24.4 Å². The molecule has 45 heavy (non-hydrogen) atoms. The zero-order valence-corrected chi connectivity index (χ0v) is 28.7. The van der Waals surface area contributed by atoms with Crippen LogP contribution in [0.4, 0.5) is 0 Å². The van der Waals surface area contributed by atoms with E-state index in [1.54, 1.807) is 26.8 Å². The molecule has 0 spiro atoms. The van der Waals surface area contributed by atoms with Crippen LogP contribution < -0.4 is 4.74 Å². The van der Waals surface area contributed by atoms with Crippen molar-refractivity contribution in [3.05, 3.63) is 106 Å². The first-order valence-electron chi connectivity index (χ1n) is 14.9. The fourth-order valence-electron chi connectivity index (χ4n) is 4.26. The molecule has 3 aromatic rings. The molecule has 0 fully saturated rings. The number of hydrogen-bond acceptors (Lipinski definition) is 8. The van der Waals surface area contributed by atoms with E-state index in [9.17, 15) is 14.5 Å². The number of rotatable bonds is 14. The molecule has 0 aromatic heterocycles. The maximum Gasteiger partial charge on any atom is 0.373 e. The molecule has 0 aliphatic carbocycles. The molecule has 8 nitrogen and oxygen atoms in total. The Kier molecular flexibility index (Phi) is 12.1. The van der Waals surface area contributed by atoms with Crippen LogP contribution in [0.3, 0.4) is 0 Å². The van der Waals surface area contributed by atoms with Gasteiger partial charge in [0.2, 0.25) is 6.79 Å². The van der Waals surface area contributed by atoms with Crippen LogP contribution in [0, 0.1) is 24.7 Å². The number of phenolic OH excluding ortho intramolecular Hbond substituents is 1. The van der Waals surface area contributed by atoms with Gasteiger partial charge in [-0.3, -0.25) is 18.4 Å². The number of aromatic hydroxyl groups is 1. The monoisotopic (exact) mass is 638 g/mol. The molecule has 1 atom stereocenters. The van der Waals surface area contributed by atoms with E-state index in [1.165, 1.54) is 0 Å². The van der Waals surface area contributed by atoms with Crippen molar-refractivity contribution < 1.29 is 37.7 Å². The number of esters is 1. The Morgan fingerprint density at radius 3 is 1.98 bits per heavy atom. The number of ether oxygens (including phenoxy) is 3. The highest BCUT2D eigenvalue weighted by Gasteiger charge is 2.30. The van der Waals surface area contributed by atoms with Gasteiger partial charge >= 0.3 is 13.6 Å². The largest absolute Gasteiger partial charge is 0.508 e. The second-order valence-corrected chi connectivity index (χ2v) is 15.2. The lowest BCUT2D eigenvalue weighted by Crippen LogP contribution is -2.24. The van der Waals surface area contributed by atoms with Gasteiger partial charge < -0.3 is 19.3 Å². The summed E-state index contributed by atoms with van der Waals surface area (Å²) < 4.78 is 41.2. The Morgan fingerprint density at radius 2 is 1.40 bits per heavy atom. The van der Waals surface area contributed by atoms with E-state index in [0.717, 1.165) is 33.4 Å². The molecule has 0 bridgehead atoms. The van der Waals surface area contributed by atoms with Crippen molar-refractivity contribution in [1.82, 2.24) is 0 Å². The molecule has 0 aliphatic rings. The summed E-state index contributed by atoms with van der Waals surface area (Å²) in [5.41, 5.74) is 5.08. The predicted octanol–water partition coefficient (Wildman–Crippen LogP) is 8.83. The summed E-state index contributed by atoms with van der Waals surface area (Å²) in [5.74, 6) is 0.713. The summed E-state index contributed by atoms with van der Waals surface area (Å²) in [6.45, 7) is 17.9. The average Bonchev–Trinajstić information content (AvgIpc) is 2.95. The molecule has 0 aliphatic heterocycles. The Hall–Kier alpha value is -3.58. The van der Waals surface area contributed by atoms with Crippen LogP contribution in [0.1, 0.15) is 74.9 Å². The molecule has 1 unspecified atom stereocenters. The SMILES string of the molecule is C=C(OCOP(=O)(COc1cc(C)c(Cc2ccc(O)c(Cc3ccccc3)c2)c(C)c1)OCOC(=O)C(C)(C)C)C(C)(C)C. The fourth-order valence-corrected chi connectivity index (χ4v) is 5.22. The van der Waals surface area contributed by atoms with Gasteiger partial charge in [0.05, 0.1) is 11.2 Å². The molecule has 9 heteroatoms. The summed E-state index contributed by atoms with van der Waals surface area (Å²) >= 11 is 0. The smallest absolute Gasteiger partial charge is 0.373 e. The number of carbonyl (C=O) groups is 1. The van der Waals surface area contributed by atoms with Crippen molar-refractivity contribution in [3.63, 3.8) is 0 Å². The molecule has 3 rings (SSSR count). The van der Waals surface area contributed by atoms with Crippen LogP contribution >= 0.6 is 7.60 Å². The summed E-state index contributed by atoms with van der Waals surface area (Å²) in [6, 6.07) is 19.5. The van der Waals surface area contributed by atoms with E-state index in [1.807, 2.05) is 89.2 Å². The number of allylic oxidation sites excluding steroid dienone is 1. The molecule has 244 valence electrons. The highest BCUT2D eigenvalue weighted by molar-refractivity contribution is 7.53. The third kappa shape index (κ3) is 11.1. The highest BCUT2D eigenvalue weighted by Crippen LogP contribution is 2.48. The third-order valence-electron chi connectivity index (χ3n) is 7.19. The summed E-state index contributed by atoms with van der Waals surface area (Å²) in [6.07, 6.45) is 0.879. The van der Waals surface area contributed by atoms with Crippen LogP contribution in [0.2, 0.25) is 0 Å². The standard InChI is InChI=1S/C36H47O8P/c1-25-17-31(18-26(2)32(25)21-29-15-16-33(37)30(20-29)19-28-13-11-10-12-14-28)42-24-45(39,43-22-40-27(3)35(4,5)6)44-23-41-34(38)36(7,8)9/h10-18,20,37H,3,19,21-24H2,1-2,4-9H3. The zero-order chi connectivity index (χ0) is 33.4. The van der Waals surface area contributed by atoms with Gasteiger partial charge in [0, 0.05) is 11.8 Å². The number of hydrogen-bond donors (Lipinski definition) is 1. The molecule has 0 saturated carbocycles. The lowest BCUT2D eigenvalue weighted by Gasteiger charge is -2.24. The molecule has 3 aromatic carbocycles. The molecular formula is C36H47O8P. The second kappa shape index (κ2) is 15.1. The van der Waals surface area contributed by atoms with Gasteiger partial charge in [-0.15, -0.1) is 0 Å². The number of benzene rings is 3. The normalized spacial score (nSPS) is 13.2. The molecule has 0 heterocycles. The van der Waals surface area contributed by atoms with Crippen molar-refractivity contribution in [1.29, 1.82) is 0 Å². The van der Waals surface area contributed by atoms with Crippen molar-refractivity contribution >= 4 is 13.6 Å². The van der Waals surface area contributed by atoms with Gasteiger partial charge in [0.1, 0.15) is 11.5 Å². The minimum absolute atomic E-state index is 0.273. The Morgan fingerprint density at radius 1 is 0.800 bits per heavy atom. The van der Waals surface area contributed by atoms with Gasteiger partial charge in [-0.05, 0) is 92.6 Å². The maximum absolute atomic E-state index is 13.6. The van der Waals surface area contributed by atoms with Crippen LogP contribution in [0.25, 0.3) is 0 Å².